The second-order valence-corrected chi connectivity index (χ2v) is 6.63. The van der Waals surface area contributed by atoms with Gasteiger partial charge in [-0.1, -0.05) is 17.7 Å². The first kappa shape index (κ1) is 15.3. The van der Waals surface area contributed by atoms with Crippen LogP contribution in [0.25, 0.3) is 0 Å². The van der Waals surface area contributed by atoms with Crippen molar-refractivity contribution in [2.75, 3.05) is 31.2 Å². The Morgan fingerprint density at radius 3 is 2.77 bits per heavy atom. The van der Waals surface area contributed by atoms with Gasteiger partial charge < -0.3 is 15.0 Å². The van der Waals surface area contributed by atoms with Crippen LogP contribution in [0.3, 0.4) is 0 Å². The molecule has 0 aromatic carbocycles. The van der Waals surface area contributed by atoms with Crippen molar-refractivity contribution in [2.24, 2.45) is 0 Å². The fourth-order valence-electron chi connectivity index (χ4n) is 2.21. The van der Waals surface area contributed by atoms with Gasteiger partial charge in [-0.3, -0.25) is 4.79 Å². The third kappa shape index (κ3) is 3.76. The molecule has 1 saturated heterocycles. The number of amides is 1. The molecule has 1 aliphatic rings. The van der Waals surface area contributed by atoms with Crippen molar-refractivity contribution in [3.05, 3.63) is 45.2 Å². The van der Waals surface area contributed by atoms with Crippen LogP contribution in [0.5, 0.6) is 0 Å². The summed E-state index contributed by atoms with van der Waals surface area (Å²) in [6.07, 6.45) is 1.80. The number of hydrogen-bond acceptors (Lipinski definition) is 5. The second-order valence-electron chi connectivity index (χ2n) is 4.91. The highest BCUT2D eigenvalue weighted by Crippen LogP contribution is 2.21. The Labute approximate surface area is 137 Å². The smallest absolute Gasteiger partial charge is 0.261 e. The molecule has 116 valence electrons. The first-order valence-electron chi connectivity index (χ1n) is 7.03. The third-order valence-corrected chi connectivity index (χ3v) is 4.62. The number of nitrogens with zero attached hydrogens (tertiary/aromatic N) is 2. The van der Waals surface area contributed by atoms with Crippen molar-refractivity contribution in [2.45, 2.75) is 6.54 Å². The van der Waals surface area contributed by atoms with Gasteiger partial charge in [0, 0.05) is 25.8 Å². The largest absolute Gasteiger partial charge is 0.378 e. The van der Waals surface area contributed by atoms with Gasteiger partial charge in [0.05, 0.1) is 22.4 Å². The van der Waals surface area contributed by atoms with Crippen molar-refractivity contribution >= 4 is 34.7 Å². The minimum Gasteiger partial charge on any atom is -0.378 e. The number of ether oxygens (including phenoxy) is 1. The lowest BCUT2D eigenvalue weighted by Crippen LogP contribution is -2.36. The van der Waals surface area contributed by atoms with E-state index >= 15 is 0 Å². The van der Waals surface area contributed by atoms with Crippen molar-refractivity contribution in [3.8, 4) is 0 Å². The summed E-state index contributed by atoms with van der Waals surface area (Å²) in [5.41, 5.74) is 0.966. The molecule has 1 fully saturated rings. The Morgan fingerprint density at radius 2 is 2.14 bits per heavy atom. The van der Waals surface area contributed by atoms with E-state index in [4.69, 9.17) is 16.3 Å². The molecule has 0 saturated carbocycles. The summed E-state index contributed by atoms with van der Waals surface area (Å²) >= 11 is 7.10. The van der Waals surface area contributed by atoms with Gasteiger partial charge in [-0.05, 0) is 23.8 Å². The van der Waals surface area contributed by atoms with E-state index in [1.54, 1.807) is 18.3 Å². The lowest BCUT2D eigenvalue weighted by atomic mass is 10.2. The molecule has 1 amide bonds. The van der Waals surface area contributed by atoms with Gasteiger partial charge >= 0.3 is 0 Å². The first-order valence-corrected chi connectivity index (χ1v) is 8.23. The Kier molecular flexibility index (Phi) is 4.92. The number of halogens is 1. The van der Waals surface area contributed by atoms with Crippen molar-refractivity contribution in [1.82, 2.24) is 10.3 Å². The predicted octanol–water partition coefficient (Wildman–Crippen LogP) is 2.56. The van der Waals surface area contributed by atoms with Gasteiger partial charge in [-0.15, -0.1) is 11.3 Å². The lowest BCUT2D eigenvalue weighted by molar-refractivity contribution is 0.0955. The predicted molar refractivity (Wildman–Crippen MR) is 87.8 cm³/mol. The molecule has 2 aromatic rings. The fourth-order valence-corrected chi connectivity index (χ4v) is 3.17. The molecule has 3 rings (SSSR count). The number of rotatable bonds is 4. The Balaban J connectivity index is 1.55. The van der Waals surface area contributed by atoms with Crippen LogP contribution in [0.4, 0.5) is 5.82 Å². The van der Waals surface area contributed by atoms with Crippen LogP contribution in [0.2, 0.25) is 4.34 Å². The summed E-state index contributed by atoms with van der Waals surface area (Å²) in [7, 11) is 0. The Morgan fingerprint density at radius 1 is 1.32 bits per heavy atom. The Hall–Kier alpha value is -1.63. The molecule has 5 nitrogen and oxygen atoms in total. The highest BCUT2D eigenvalue weighted by atomic mass is 35.5. The van der Waals surface area contributed by atoms with E-state index in [-0.39, 0.29) is 5.91 Å². The number of thiophene rings is 1. The summed E-state index contributed by atoms with van der Waals surface area (Å²) in [5.74, 6) is 0.831. The molecule has 2 aromatic heterocycles. The van der Waals surface area contributed by atoms with Crippen molar-refractivity contribution in [1.29, 1.82) is 0 Å². The van der Waals surface area contributed by atoms with Gasteiger partial charge in [-0.2, -0.15) is 0 Å². The van der Waals surface area contributed by atoms with Gasteiger partial charge in [0.25, 0.3) is 5.91 Å². The van der Waals surface area contributed by atoms with Gasteiger partial charge in [0.1, 0.15) is 5.82 Å². The highest BCUT2D eigenvalue weighted by Gasteiger charge is 2.12. The zero-order valence-electron chi connectivity index (χ0n) is 11.9. The zero-order valence-corrected chi connectivity index (χ0v) is 13.5. The van der Waals surface area contributed by atoms with E-state index in [2.05, 4.69) is 15.2 Å². The average molecular weight is 338 g/mol. The number of morpholine rings is 1. The quantitative estimate of drug-likeness (QED) is 0.931. The molecular formula is C15H16ClN3O2S. The number of carbonyl (C=O) groups is 1. The standard InChI is InChI=1S/C15H16ClN3O2S/c16-13-3-2-12(22-13)15(20)18-10-11-1-4-14(17-9-11)19-5-7-21-8-6-19/h1-4,9H,5-8,10H2,(H,18,20). The normalized spacial score (nSPS) is 14.9. The Bertz CT molecular complexity index is 638. The maximum Gasteiger partial charge on any atom is 0.261 e. The van der Waals surface area contributed by atoms with Crippen LogP contribution >= 0.6 is 22.9 Å². The van der Waals surface area contributed by atoms with E-state index in [0.29, 0.717) is 15.8 Å². The summed E-state index contributed by atoms with van der Waals surface area (Å²) in [6, 6.07) is 7.41. The molecule has 22 heavy (non-hydrogen) atoms. The number of anilines is 1. The SMILES string of the molecule is O=C(NCc1ccc(N2CCOCC2)nc1)c1ccc(Cl)s1. The van der Waals surface area contributed by atoms with Gasteiger partial charge in [0.15, 0.2) is 0 Å². The number of pyridine rings is 1. The molecule has 3 heterocycles. The number of carbonyl (C=O) groups excluding carboxylic acids is 1. The monoisotopic (exact) mass is 337 g/mol. The van der Waals surface area contributed by atoms with E-state index in [0.717, 1.165) is 37.7 Å². The highest BCUT2D eigenvalue weighted by molar-refractivity contribution is 7.17. The molecule has 0 radical (unpaired) electrons. The zero-order chi connectivity index (χ0) is 15.4. The van der Waals surface area contributed by atoms with Gasteiger partial charge in [-0.25, -0.2) is 4.98 Å². The molecule has 0 spiro atoms. The topological polar surface area (TPSA) is 54.5 Å². The molecule has 1 aliphatic heterocycles. The lowest BCUT2D eigenvalue weighted by Gasteiger charge is -2.27. The number of aromatic nitrogens is 1. The minimum absolute atomic E-state index is 0.117. The van der Waals surface area contributed by atoms with Crippen molar-refractivity contribution in [3.63, 3.8) is 0 Å². The molecule has 0 atom stereocenters. The van der Waals surface area contributed by atoms with Crippen LogP contribution in [-0.4, -0.2) is 37.2 Å². The summed E-state index contributed by atoms with van der Waals surface area (Å²) in [4.78, 5) is 19.2. The minimum atomic E-state index is -0.117. The third-order valence-electron chi connectivity index (χ3n) is 3.39. The van der Waals surface area contributed by atoms with Crippen LogP contribution in [0.15, 0.2) is 30.5 Å². The maximum atomic E-state index is 11.9. The number of nitrogens with one attached hydrogen (secondary N) is 1. The van der Waals surface area contributed by atoms with E-state index in [9.17, 15) is 4.79 Å². The molecule has 0 bridgehead atoms. The molecule has 0 aliphatic carbocycles. The molecular weight excluding hydrogens is 322 g/mol. The van der Waals surface area contributed by atoms with Crippen LogP contribution in [-0.2, 0) is 11.3 Å². The second kappa shape index (κ2) is 7.09. The molecule has 7 heteroatoms. The van der Waals surface area contributed by atoms with E-state index in [1.165, 1.54) is 11.3 Å². The van der Waals surface area contributed by atoms with E-state index < -0.39 is 0 Å². The van der Waals surface area contributed by atoms with Crippen LogP contribution in [0, 0.1) is 0 Å². The first-order chi connectivity index (χ1) is 10.7. The van der Waals surface area contributed by atoms with Crippen molar-refractivity contribution < 1.29 is 9.53 Å². The van der Waals surface area contributed by atoms with E-state index in [1.807, 2.05) is 12.1 Å². The summed E-state index contributed by atoms with van der Waals surface area (Å²) in [5, 5.41) is 2.87. The summed E-state index contributed by atoms with van der Waals surface area (Å²) in [6.45, 7) is 3.65. The maximum absolute atomic E-state index is 11.9. The van der Waals surface area contributed by atoms with Crippen LogP contribution < -0.4 is 10.2 Å². The fraction of sp³-hybridized carbons (Fsp3) is 0.333. The summed E-state index contributed by atoms with van der Waals surface area (Å²) < 4.78 is 5.94. The number of hydrogen-bond donors (Lipinski definition) is 1. The van der Waals surface area contributed by atoms with Gasteiger partial charge in [0.2, 0.25) is 0 Å². The molecule has 0 unspecified atom stereocenters. The average Bonchev–Trinajstić information content (AvgIpc) is 3.00. The molecule has 1 N–H and O–H groups in total. The van der Waals surface area contributed by atoms with Crippen LogP contribution in [0.1, 0.15) is 15.2 Å².